The molecule has 0 radical (unpaired) electrons. The minimum atomic E-state index is -0.589. The van der Waals surface area contributed by atoms with Crippen molar-refractivity contribution in [2.24, 2.45) is 5.73 Å². The number of hydrogen-bond donors (Lipinski definition) is 2. The average Bonchev–Trinajstić information content (AvgIpc) is 2.03. The van der Waals surface area contributed by atoms with Crippen molar-refractivity contribution < 1.29 is 5.11 Å². The van der Waals surface area contributed by atoms with E-state index in [2.05, 4.69) is 22.6 Å². The standard InChI is InChI=1S/C9H11ClINO/c1-5(13)9(12)8-6(10)3-2-4-7(8)11/h2-5,9,13H,12H2,1H3/t5-,9+/m0/s1. The van der Waals surface area contributed by atoms with Crippen LogP contribution < -0.4 is 5.73 Å². The largest absolute Gasteiger partial charge is 0.391 e. The van der Waals surface area contributed by atoms with Crippen molar-refractivity contribution in [3.8, 4) is 0 Å². The Balaban J connectivity index is 3.12. The molecule has 0 unspecified atom stereocenters. The Labute approximate surface area is 96.2 Å². The summed E-state index contributed by atoms with van der Waals surface area (Å²) in [7, 11) is 0. The van der Waals surface area contributed by atoms with E-state index in [4.69, 9.17) is 17.3 Å². The second-order valence-corrected chi connectivity index (χ2v) is 4.47. The SMILES string of the molecule is C[C@H](O)[C@@H](N)c1c(Cl)cccc1I. The Morgan fingerprint density at radius 1 is 1.54 bits per heavy atom. The molecule has 72 valence electrons. The summed E-state index contributed by atoms with van der Waals surface area (Å²) in [5.41, 5.74) is 6.62. The zero-order valence-electron chi connectivity index (χ0n) is 7.17. The first kappa shape index (κ1) is 11.2. The van der Waals surface area contributed by atoms with Crippen LogP contribution >= 0.6 is 34.2 Å². The van der Waals surface area contributed by atoms with E-state index in [1.54, 1.807) is 13.0 Å². The van der Waals surface area contributed by atoms with Crippen molar-refractivity contribution in [1.29, 1.82) is 0 Å². The molecular weight excluding hydrogens is 300 g/mol. The lowest BCUT2D eigenvalue weighted by molar-refractivity contribution is 0.164. The van der Waals surface area contributed by atoms with E-state index in [9.17, 15) is 5.11 Å². The lowest BCUT2D eigenvalue weighted by Gasteiger charge is -2.17. The van der Waals surface area contributed by atoms with E-state index in [1.165, 1.54) is 0 Å². The van der Waals surface area contributed by atoms with Gasteiger partial charge in [-0.15, -0.1) is 0 Å². The summed E-state index contributed by atoms with van der Waals surface area (Å²) in [6, 6.07) is 5.15. The fraction of sp³-hybridized carbons (Fsp3) is 0.333. The molecule has 2 nitrogen and oxygen atoms in total. The number of aliphatic hydroxyl groups is 1. The Morgan fingerprint density at radius 2 is 2.15 bits per heavy atom. The molecule has 0 saturated carbocycles. The molecule has 0 aliphatic heterocycles. The van der Waals surface area contributed by atoms with Crippen LogP contribution in [-0.4, -0.2) is 11.2 Å². The van der Waals surface area contributed by atoms with Crippen molar-refractivity contribution in [2.45, 2.75) is 19.1 Å². The van der Waals surface area contributed by atoms with Crippen LogP contribution in [0.25, 0.3) is 0 Å². The van der Waals surface area contributed by atoms with Gasteiger partial charge in [-0.05, 0) is 41.6 Å². The molecule has 1 rings (SSSR count). The number of halogens is 2. The molecule has 13 heavy (non-hydrogen) atoms. The van der Waals surface area contributed by atoms with E-state index in [0.717, 1.165) is 9.13 Å². The van der Waals surface area contributed by atoms with Crippen LogP contribution in [0.2, 0.25) is 5.02 Å². The van der Waals surface area contributed by atoms with Gasteiger partial charge in [-0.2, -0.15) is 0 Å². The van der Waals surface area contributed by atoms with Gasteiger partial charge in [0, 0.05) is 14.2 Å². The molecule has 3 N–H and O–H groups in total. The third-order valence-electron chi connectivity index (χ3n) is 1.85. The van der Waals surface area contributed by atoms with Crippen LogP contribution in [0.15, 0.2) is 18.2 Å². The fourth-order valence-corrected chi connectivity index (χ4v) is 2.39. The van der Waals surface area contributed by atoms with Gasteiger partial charge in [-0.25, -0.2) is 0 Å². The lowest BCUT2D eigenvalue weighted by atomic mass is 10.0. The highest BCUT2D eigenvalue weighted by Gasteiger charge is 2.17. The summed E-state index contributed by atoms with van der Waals surface area (Å²) in [5.74, 6) is 0. The third kappa shape index (κ3) is 2.56. The fourth-order valence-electron chi connectivity index (χ4n) is 1.07. The summed E-state index contributed by atoms with van der Waals surface area (Å²) >= 11 is 8.13. The first-order valence-corrected chi connectivity index (χ1v) is 5.37. The highest BCUT2D eigenvalue weighted by atomic mass is 127. The Kier molecular flexibility index (Phi) is 3.97. The molecular formula is C9H11ClINO. The van der Waals surface area contributed by atoms with Gasteiger partial charge in [0.1, 0.15) is 0 Å². The van der Waals surface area contributed by atoms with Crippen LogP contribution in [0.3, 0.4) is 0 Å². The van der Waals surface area contributed by atoms with Gasteiger partial charge in [0.15, 0.2) is 0 Å². The summed E-state index contributed by atoms with van der Waals surface area (Å²) in [6.07, 6.45) is -0.589. The second kappa shape index (κ2) is 4.59. The molecule has 0 amide bonds. The molecule has 0 aromatic heterocycles. The Hall–Kier alpha value is 0.160. The predicted molar refractivity (Wildman–Crippen MR) is 62.8 cm³/mol. The maximum Gasteiger partial charge on any atom is 0.0705 e. The number of nitrogens with two attached hydrogens (primary N) is 1. The molecule has 4 heteroatoms. The van der Waals surface area contributed by atoms with Gasteiger partial charge >= 0.3 is 0 Å². The van der Waals surface area contributed by atoms with Gasteiger partial charge in [0.2, 0.25) is 0 Å². The van der Waals surface area contributed by atoms with E-state index < -0.39 is 12.1 Å². The van der Waals surface area contributed by atoms with E-state index in [-0.39, 0.29) is 0 Å². The molecule has 0 aliphatic carbocycles. The Morgan fingerprint density at radius 3 is 2.62 bits per heavy atom. The lowest BCUT2D eigenvalue weighted by Crippen LogP contribution is -2.24. The van der Waals surface area contributed by atoms with Gasteiger partial charge in [-0.3, -0.25) is 0 Å². The quantitative estimate of drug-likeness (QED) is 0.824. The minimum Gasteiger partial charge on any atom is -0.391 e. The van der Waals surface area contributed by atoms with Crippen molar-refractivity contribution in [2.75, 3.05) is 0 Å². The van der Waals surface area contributed by atoms with Gasteiger partial charge in [0.05, 0.1) is 12.1 Å². The van der Waals surface area contributed by atoms with E-state index in [1.807, 2.05) is 12.1 Å². The first-order chi connectivity index (χ1) is 6.04. The molecule has 0 spiro atoms. The average molecular weight is 312 g/mol. The van der Waals surface area contributed by atoms with Gasteiger partial charge < -0.3 is 10.8 Å². The van der Waals surface area contributed by atoms with Crippen LogP contribution in [0, 0.1) is 3.57 Å². The third-order valence-corrected chi connectivity index (χ3v) is 3.12. The highest BCUT2D eigenvalue weighted by molar-refractivity contribution is 14.1. The molecule has 1 aromatic rings. The summed E-state index contributed by atoms with van der Waals surface area (Å²) in [5, 5.41) is 9.95. The van der Waals surface area contributed by atoms with Crippen LogP contribution in [-0.2, 0) is 0 Å². The molecule has 0 bridgehead atoms. The molecule has 0 saturated heterocycles. The number of rotatable bonds is 2. The maximum atomic E-state index is 9.34. The zero-order valence-corrected chi connectivity index (χ0v) is 10.1. The smallest absolute Gasteiger partial charge is 0.0705 e. The normalized spacial score (nSPS) is 15.5. The minimum absolute atomic E-state index is 0.416. The summed E-state index contributed by atoms with van der Waals surface area (Å²) in [6.45, 7) is 1.66. The van der Waals surface area contributed by atoms with Crippen molar-refractivity contribution in [1.82, 2.24) is 0 Å². The number of hydrogen-bond acceptors (Lipinski definition) is 2. The molecule has 0 heterocycles. The van der Waals surface area contributed by atoms with Gasteiger partial charge in [-0.1, -0.05) is 17.7 Å². The number of benzene rings is 1. The number of aliphatic hydroxyl groups excluding tert-OH is 1. The van der Waals surface area contributed by atoms with Crippen LogP contribution in [0.5, 0.6) is 0 Å². The van der Waals surface area contributed by atoms with Crippen molar-refractivity contribution >= 4 is 34.2 Å². The monoisotopic (exact) mass is 311 g/mol. The molecule has 0 aliphatic rings. The van der Waals surface area contributed by atoms with Crippen molar-refractivity contribution in [3.05, 3.63) is 32.4 Å². The second-order valence-electron chi connectivity index (χ2n) is 2.90. The highest BCUT2D eigenvalue weighted by Crippen LogP contribution is 2.28. The van der Waals surface area contributed by atoms with Crippen LogP contribution in [0.4, 0.5) is 0 Å². The topological polar surface area (TPSA) is 46.2 Å². The Bertz CT molecular complexity index is 283. The van der Waals surface area contributed by atoms with E-state index >= 15 is 0 Å². The van der Waals surface area contributed by atoms with Crippen LogP contribution in [0.1, 0.15) is 18.5 Å². The maximum absolute atomic E-state index is 9.34. The van der Waals surface area contributed by atoms with Gasteiger partial charge in [0.25, 0.3) is 0 Å². The summed E-state index contributed by atoms with van der Waals surface area (Å²) in [4.78, 5) is 0. The zero-order chi connectivity index (χ0) is 10.0. The first-order valence-electron chi connectivity index (χ1n) is 3.91. The van der Waals surface area contributed by atoms with E-state index in [0.29, 0.717) is 5.02 Å². The predicted octanol–water partition coefficient (Wildman–Crippen LogP) is 2.33. The van der Waals surface area contributed by atoms with Crippen molar-refractivity contribution in [3.63, 3.8) is 0 Å². The molecule has 0 fully saturated rings. The molecule has 2 atom stereocenters. The summed E-state index contributed by atoms with van der Waals surface area (Å²) < 4.78 is 0.985. The molecule has 1 aromatic carbocycles.